The fourth-order valence-electron chi connectivity index (χ4n) is 4.80. The Kier molecular flexibility index (Phi) is 6.51. The third-order valence-corrected chi connectivity index (χ3v) is 6.57. The largest absolute Gasteiger partial charge is 0.454 e. The molecule has 7 nitrogen and oxygen atoms in total. The van der Waals surface area contributed by atoms with Crippen molar-refractivity contribution in [3.63, 3.8) is 0 Å². The van der Waals surface area contributed by atoms with Gasteiger partial charge in [-0.3, -0.25) is 9.69 Å². The van der Waals surface area contributed by atoms with Crippen LogP contribution in [-0.2, 0) is 16.6 Å². The van der Waals surface area contributed by atoms with E-state index in [0.717, 1.165) is 67.4 Å². The van der Waals surface area contributed by atoms with Gasteiger partial charge >= 0.3 is 0 Å². The van der Waals surface area contributed by atoms with E-state index in [4.69, 9.17) is 14.2 Å². The van der Waals surface area contributed by atoms with Gasteiger partial charge in [-0.1, -0.05) is 24.3 Å². The number of para-hydroxylation sites is 1. The molecule has 0 bridgehead atoms. The summed E-state index contributed by atoms with van der Waals surface area (Å²) in [6.45, 7) is 5.45. The molecule has 1 N–H and O–H groups in total. The molecule has 5 rings (SSSR count). The Morgan fingerprint density at radius 3 is 2.79 bits per heavy atom. The van der Waals surface area contributed by atoms with Crippen LogP contribution in [0.1, 0.15) is 29.9 Å². The zero-order valence-electron chi connectivity index (χ0n) is 19.1. The fraction of sp³-hybridized carbons (Fsp3) is 0.423. The van der Waals surface area contributed by atoms with Crippen molar-refractivity contribution in [2.24, 2.45) is 7.05 Å². The van der Waals surface area contributed by atoms with Gasteiger partial charge in [-0.05, 0) is 42.3 Å². The first-order valence-electron chi connectivity index (χ1n) is 11.7. The summed E-state index contributed by atoms with van der Waals surface area (Å²) in [5.74, 6) is 1.48. The SMILES string of the molecule is Cn1cc(C(CC(=O)NCCCN2CCOCC2)c2ccc3c(c2)OCO3)c2ccccc21. The van der Waals surface area contributed by atoms with Gasteiger partial charge in [-0.15, -0.1) is 0 Å². The lowest BCUT2D eigenvalue weighted by Crippen LogP contribution is -2.38. The highest BCUT2D eigenvalue weighted by Gasteiger charge is 2.24. The molecule has 2 aliphatic rings. The van der Waals surface area contributed by atoms with Gasteiger partial charge in [0, 0.05) is 56.1 Å². The fourth-order valence-corrected chi connectivity index (χ4v) is 4.80. The van der Waals surface area contributed by atoms with Crippen molar-refractivity contribution in [1.82, 2.24) is 14.8 Å². The Labute approximate surface area is 194 Å². The maximum atomic E-state index is 13.0. The third-order valence-electron chi connectivity index (χ3n) is 6.57. The highest BCUT2D eigenvalue weighted by atomic mass is 16.7. The quantitative estimate of drug-likeness (QED) is 0.535. The van der Waals surface area contributed by atoms with Crippen LogP contribution in [0.25, 0.3) is 10.9 Å². The number of nitrogens with zero attached hydrogens (tertiary/aromatic N) is 2. The van der Waals surface area contributed by atoms with Gasteiger partial charge in [-0.25, -0.2) is 0 Å². The molecular formula is C26H31N3O4. The van der Waals surface area contributed by atoms with E-state index in [2.05, 4.69) is 33.1 Å². The van der Waals surface area contributed by atoms with E-state index in [9.17, 15) is 4.79 Å². The van der Waals surface area contributed by atoms with Crippen LogP contribution in [0.2, 0.25) is 0 Å². The first kappa shape index (κ1) is 21.8. The second kappa shape index (κ2) is 9.85. The average molecular weight is 450 g/mol. The van der Waals surface area contributed by atoms with Crippen molar-refractivity contribution >= 4 is 16.8 Å². The number of ether oxygens (including phenoxy) is 3. The molecule has 1 aromatic heterocycles. The van der Waals surface area contributed by atoms with Crippen LogP contribution in [0.15, 0.2) is 48.7 Å². The number of benzene rings is 2. The standard InChI is InChI=1S/C26H31N3O4/c1-28-17-22(20-5-2-3-6-23(20)28)21(19-7-8-24-25(15-19)33-18-32-24)16-26(30)27-9-4-10-29-11-13-31-14-12-29/h2-3,5-8,15,17,21H,4,9-14,16,18H2,1H3,(H,27,30). The molecule has 0 aliphatic carbocycles. The minimum atomic E-state index is -0.0788. The maximum Gasteiger partial charge on any atom is 0.231 e. The number of carbonyl (C=O) groups is 1. The minimum absolute atomic E-state index is 0.0626. The predicted molar refractivity (Wildman–Crippen MR) is 127 cm³/mol. The highest BCUT2D eigenvalue weighted by Crippen LogP contribution is 2.39. The molecule has 3 heterocycles. The molecule has 0 radical (unpaired) electrons. The lowest BCUT2D eigenvalue weighted by molar-refractivity contribution is -0.121. The Balaban J connectivity index is 1.32. The van der Waals surface area contributed by atoms with Gasteiger partial charge < -0.3 is 24.1 Å². The molecule has 0 spiro atoms. The van der Waals surface area contributed by atoms with Crippen molar-refractivity contribution in [2.75, 3.05) is 46.2 Å². The monoisotopic (exact) mass is 449 g/mol. The van der Waals surface area contributed by atoms with E-state index < -0.39 is 0 Å². The molecular weight excluding hydrogens is 418 g/mol. The number of morpholine rings is 1. The van der Waals surface area contributed by atoms with Gasteiger partial charge in [0.2, 0.25) is 12.7 Å². The Hall–Kier alpha value is -3.03. The van der Waals surface area contributed by atoms with Crippen molar-refractivity contribution in [1.29, 1.82) is 0 Å². The van der Waals surface area contributed by atoms with Gasteiger partial charge in [-0.2, -0.15) is 0 Å². The van der Waals surface area contributed by atoms with Gasteiger partial charge in [0.25, 0.3) is 0 Å². The molecule has 1 atom stereocenters. The lowest BCUT2D eigenvalue weighted by Gasteiger charge is -2.26. The smallest absolute Gasteiger partial charge is 0.231 e. The second-order valence-electron chi connectivity index (χ2n) is 8.74. The predicted octanol–water partition coefficient (Wildman–Crippen LogP) is 3.27. The molecule has 7 heteroatoms. The molecule has 33 heavy (non-hydrogen) atoms. The first-order valence-corrected chi connectivity index (χ1v) is 11.7. The van der Waals surface area contributed by atoms with Crippen molar-refractivity contribution < 1.29 is 19.0 Å². The zero-order valence-corrected chi connectivity index (χ0v) is 19.1. The molecule has 1 amide bonds. The second-order valence-corrected chi connectivity index (χ2v) is 8.74. The summed E-state index contributed by atoms with van der Waals surface area (Å²) in [4.78, 5) is 15.4. The third kappa shape index (κ3) is 4.84. The van der Waals surface area contributed by atoms with Gasteiger partial charge in [0.15, 0.2) is 11.5 Å². The Bertz CT molecular complexity index is 1120. The van der Waals surface area contributed by atoms with Gasteiger partial charge in [0.05, 0.1) is 13.2 Å². The Morgan fingerprint density at radius 2 is 1.91 bits per heavy atom. The van der Waals surface area contributed by atoms with Crippen LogP contribution >= 0.6 is 0 Å². The summed E-state index contributed by atoms with van der Waals surface area (Å²) in [7, 11) is 2.05. The van der Waals surface area contributed by atoms with Crippen LogP contribution in [0.3, 0.4) is 0 Å². The molecule has 3 aromatic rings. The summed E-state index contributed by atoms with van der Waals surface area (Å²) in [6, 6.07) is 14.3. The number of carbonyl (C=O) groups excluding carboxylic acids is 1. The number of nitrogens with one attached hydrogen (secondary N) is 1. The number of fused-ring (bicyclic) bond motifs is 2. The molecule has 0 saturated carbocycles. The lowest BCUT2D eigenvalue weighted by atomic mass is 9.87. The van der Waals surface area contributed by atoms with Crippen LogP contribution in [0, 0.1) is 0 Å². The van der Waals surface area contributed by atoms with Crippen LogP contribution in [-0.4, -0.2) is 61.6 Å². The summed E-state index contributed by atoms with van der Waals surface area (Å²) in [6.07, 6.45) is 3.46. The topological polar surface area (TPSA) is 65.0 Å². The summed E-state index contributed by atoms with van der Waals surface area (Å²) < 4.78 is 18.6. The van der Waals surface area contributed by atoms with Crippen molar-refractivity contribution in [2.45, 2.75) is 18.8 Å². The molecule has 174 valence electrons. The maximum absolute atomic E-state index is 13.0. The van der Waals surface area contributed by atoms with E-state index >= 15 is 0 Å². The number of aryl methyl sites for hydroxylation is 1. The number of amides is 1. The van der Waals surface area contributed by atoms with Crippen molar-refractivity contribution in [3.05, 3.63) is 59.8 Å². The van der Waals surface area contributed by atoms with E-state index in [1.807, 2.05) is 37.4 Å². The van der Waals surface area contributed by atoms with Gasteiger partial charge in [0.1, 0.15) is 0 Å². The van der Waals surface area contributed by atoms with E-state index in [1.165, 1.54) is 5.39 Å². The molecule has 1 saturated heterocycles. The summed E-state index contributed by atoms with van der Waals surface area (Å²) >= 11 is 0. The van der Waals surface area contributed by atoms with E-state index in [1.54, 1.807) is 0 Å². The average Bonchev–Trinajstić information content (AvgIpc) is 3.45. The minimum Gasteiger partial charge on any atom is -0.454 e. The molecule has 1 unspecified atom stereocenters. The van der Waals surface area contributed by atoms with Crippen molar-refractivity contribution in [3.8, 4) is 11.5 Å². The highest BCUT2D eigenvalue weighted by molar-refractivity contribution is 5.86. The first-order chi connectivity index (χ1) is 16.2. The molecule has 2 aromatic carbocycles. The molecule has 2 aliphatic heterocycles. The number of aromatic nitrogens is 1. The zero-order chi connectivity index (χ0) is 22.6. The summed E-state index contributed by atoms with van der Waals surface area (Å²) in [5.41, 5.74) is 3.36. The van der Waals surface area contributed by atoms with E-state index in [-0.39, 0.29) is 18.6 Å². The number of rotatable bonds is 8. The van der Waals surface area contributed by atoms with Crippen LogP contribution < -0.4 is 14.8 Å². The molecule has 1 fully saturated rings. The Morgan fingerprint density at radius 1 is 1.09 bits per heavy atom. The number of hydrogen-bond acceptors (Lipinski definition) is 5. The van der Waals surface area contributed by atoms with Crippen LogP contribution in [0.4, 0.5) is 0 Å². The number of hydrogen-bond donors (Lipinski definition) is 1. The normalized spacial score (nSPS) is 16.8. The van der Waals surface area contributed by atoms with Crippen LogP contribution in [0.5, 0.6) is 11.5 Å². The summed E-state index contributed by atoms with van der Waals surface area (Å²) in [5, 5.41) is 4.31. The van der Waals surface area contributed by atoms with E-state index in [0.29, 0.717) is 13.0 Å².